The molecule has 1 fully saturated rings. The number of allylic oxidation sites excluding steroid dienone is 1. The van der Waals surface area contributed by atoms with Gasteiger partial charge >= 0.3 is 6.09 Å². The highest BCUT2D eigenvalue weighted by Gasteiger charge is 2.37. The number of likely N-dealkylation sites (tertiary alicyclic amines) is 1. The number of ketones is 1. The Morgan fingerprint density at radius 2 is 1.85 bits per heavy atom. The number of hydrogen-bond acceptors (Lipinski definition) is 7. The molecule has 27 heavy (non-hydrogen) atoms. The zero-order valence-corrected chi connectivity index (χ0v) is 17.5. The first kappa shape index (κ1) is 19.9. The van der Waals surface area contributed by atoms with Crippen LogP contribution in [0.2, 0.25) is 0 Å². The minimum Gasteiger partial charge on any atom is -0.443 e. The number of rotatable bonds is 3. The first-order valence-corrected chi connectivity index (χ1v) is 10.3. The number of nitrogens with zero attached hydrogens (tertiary/aromatic N) is 2. The molecule has 3 rings (SSSR count). The summed E-state index contributed by atoms with van der Waals surface area (Å²) in [6, 6.07) is 0. The number of carbonyl (C=O) groups excluding carboxylic acids is 3. The maximum Gasteiger partial charge on any atom is 0.417 e. The first-order valence-electron chi connectivity index (χ1n) is 9.03. The molecule has 0 saturated carbocycles. The van der Waals surface area contributed by atoms with Gasteiger partial charge in [0.05, 0.1) is 14.6 Å². The second-order valence-electron chi connectivity index (χ2n) is 7.70. The molecule has 0 atom stereocenters. The van der Waals surface area contributed by atoms with Crippen LogP contribution in [0.15, 0.2) is 16.5 Å². The maximum absolute atomic E-state index is 12.8. The summed E-state index contributed by atoms with van der Waals surface area (Å²) >= 11 is 5.59. The lowest BCUT2D eigenvalue weighted by Crippen LogP contribution is -2.44. The molecule has 0 spiro atoms. The first-order chi connectivity index (χ1) is 12.7. The predicted octanol–water partition coefficient (Wildman–Crippen LogP) is 3.76. The fourth-order valence-corrected chi connectivity index (χ4v) is 4.71. The van der Waals surface area contributed by atoms with Crippen LogP contribution < -0.4 is 0 Å². The molecule has 3 heterocycles. The molecule has 0 unspecified atom stereocenters. The highest BCUT2D eigenvalue weighted by molar-refractivity contribution is 7.83. The Bertz CT molecular complexity index is 801. The molecule has 6 nitrogen and oxygen atoms in total. The van der Waals surface area contributed by atoms with Crippen molar-refractivity contribution in [2.45, 2.75) is 49.8 Å². The lowest BCUT2D eigenvalue weighted by Gasteiger charge is -2.29. The Balaban J connectivity index is 1.80. The van der Waals surface area contributed by atoms with E-state index in [4.69, 9.17) is 4.74 Å². The molecule has 0 aliphatic carbocycles. The smallest absolute Gasteiger partial charge is 0.417 e. The standard InChI is InChI=1S/C19H24N2O4S2/c1-19(2,3)25-18(24)21-11-6-12-14(16(21)23)17(26)27-15(12)13(22)7-10-20-8-4-5-9-20/h7,10,26H,4-6,8-9,11H2,1-3H3/b10-7+. The van der Waals surface area contributed by atoms with Crippen LogP contribution in [0.5, 0.6) is 0 Å². The summed E-state index contributed by atoms with van der Waals surface area (Å²) in [7, 11) is 0. The van der Waals surface area contributed by atoms with Gasteiger partial charge in [0.1, 0.15) is 5.60 Å². The Hall–Kier alpha value is -1.80. The third-order valence-electron chi connectivity index (χ3n) is 4.45. The van der Waals surface area contributed by atoms with Crippen molar-refractivity contribution < 1.29 is 19.1 Å². The van der Waals surface area contributed by atoms with E-state index in [0.717, 1.165) is 30.8 Å². The number of hydrogen-bond donors (Lipinski definition) is 1. The van der Waals surface area contributed by atoms with Crippen molar-refractivity contribution in [3.05, 3.63) is 28.3 Å². The summed E-state index contributed by atoms with van der Waals surface area (Å²) in [4.78, 5) is 41.5. The number of amides is 2. The van der Waals surface area contributed by atoms with Gasteiger partial charge in [-0.15, -0.1) is 24.0 Å². The molecular weight excluding hydrogens is 384 g/mol. The van der Waals surface area contributed by atoms with Gasteiger partial charge in [-0.2, -0.15) is 0 Å². The van der Waals surface area contributed by atoms with E-state index in [0.29, 0.717) is 26.6 Å². The molecule has 1 saturated heterocycles. The normalized spacial score (nSPS) is 17.6. The van der Waals surface area contributed by atoms with E-state index in [1.165, 1.54) is 11.3 Å². The Kier molecular flexibility index (Phi) is 5.67. The number of ether oxygens (including phenoxy) is 1. The number of thiophene rings is 1. The average molecular weight is 409 g/mol. The van der Waals surface area contributed by atoms with E-state index in [-0.39, 0.29) is 12.3 Å². The van der Waals surface area contributed by atoms with E-state index in [2.05, 4.69) is 17.5 Å². The summed E-state index contributed by atoms with van der Waals surface area (Å²) in [5.74, 6) is -0.573. The van der Waals surface area contributed by atoms with Crippen molar-refractivity contribution in [3.63, 3.8) is 0 Å². The zero-order valence-electron chi connectivity index (χ0n) is 15.8. The van der Waals surface area contributed by atoms with Gasteiger partial charge in [0.25, 0.3) is 5.91 Å². The summed E-state index contributed by atoms with van der Waals surface area (Å²) in [5, 5.41) is 0. The Morgan fingerprint density at radius 3 is 2.48 bits per heavy atom. The molecule has 1 aromatic rings. The lowest BCUT2D eigenvalue weighted by molar-refractivity contribution is 0.0233. The number of fused-ring (bicyclic) bond motifs is 1. The maximum atomic E-state index is 12.8. The zero-order chi connectivity index (χ0) is 19.8. The molecule has 0 N–H and O–H groups in total. The predicted molar refractivity (Wildman–Crippen MR) is 107 cm³/mol. The second-order valence-corrected chi connectivity index (χ2v) is 9.47. The van der Waals surface area contributed by atoms with Crippen LogP contribution in [-0.2, 0) is 11.2 Å². The minimum absolute atomic E-state index is 0.123. The monoisotopic (exact) mass is 408 g/mol. The lowest BCUT2D eigenvalue weighted by atomic mass is 10.0. The van der Waals surface area contributed by atoms with Crippen LogP contribution in [0, 0.1) is 0 Å². The Labute approximate surface area is 168 Å². The van der Waals surface area contributed by atoms with Crippen molar-refractivity contribution in [2.24, 2.45) is 0 Å². The highest BCUT2D eigenvalue weighted by atomic mass is 32.2. The molecule has 2 aliphatic heterocycles. The van der Waals surface area contributed by atoms with Gasteiger partial charge in [0.15, 0.2) is 5.78 Å². The van der Waals surface area contributed by atoms with Gasteiger partial charge in [0.2, 0.25) is 0 Å². The van der Waals surface area contributed by atoms with Crippen LogP contribution in [0.25, 0.3) is 0 Å². The third kappa shape index (κ3) is 4.38. The van der Waals surface area contributed by atoms with Gasteiger partial charge in [-0.1, -0.05) is 0 Å². The van der Waals surface area contributed by atoms with E-state index >= 15 is 0 Å². The molecular formula is C19H24N2O4S2. The highest BCUT2D eigenvalue weighted by Crippen LogP contribution is 2.36. The fourth-order valence-electron chi connectivity index (χ4n) is 3.20. The van der Waals surface area contributed by atoms with E-state index in [1.807, 2.05) is 6.20 Å². The van der Waals surface area contributed by atoms with Gasteiger partial charge in [-0.25, -0.2) is 9.69 Å². The van der Waals surface area contributed by atoms with E-state index < -0.39 is 17.6 Å². The van der Waals surface area contributed by atoms with Crippen LogP contribution in [0.1, 0.15) is 59.2 Å². The summed E-state index contributed by atoms with van der Waals surface area (Å²) in [6.07, 6.45) is 5.44. The molecule has 0 radical (unpaired) electrons. The van der Waals surface area contributed by atoms with Crippen molar-refractivity contribution in [2.75, 3.05) is 19.6 Å². The Morgan fingerprint density at radius 1 is 1.19 bits per heavy atom. The summed E-state index contributed by atoms with van der Waals surface area (Å²) in [5.41, 5.74) is 0.349. The van der Waals surface area contributed by atoms with Crippen LogP contribution in [-0.4, -0.2) is 52.8 Å². The molecule has 146 valence electrons. The van der Waals surface area contributed by atoms with Crippen LogP contribution >= 0.6 is 24.0 Å². The minimum atomic E-state index is -0.683. The van der Waals surface area contributed by atoms with Crippen LogP contribution in [0.4, 0.5) is 4.79 Å². The van der Waals surface area contributed by atoms with Crippen molar-refractivity contribution in [1.29, 1.82) is 0 Å². The quantitative estimate of drug-likeness (QED) is 0.469. The van der Waals surface area contributed by atoms with Crippen molar-refractivity contribution >= 4 is 41.7 Å². The van der Waals surface area contributed by atoms with Gasteiger partial charge in [0, 0.05) is 31.9 Å². The molecule has 2 aliphatic rings. The van der Waals surface area contributed by atoms with E-state index in [1.54, 1.807) is 26.8 Å². The van der Waals surface area contributed by atoms with Crippen molar-refractivity contribution in [1.82, 2.24) is 9.80 Å². The molecule has 0 aromatic carbocycles. The third-order valence-corrected chi connectivity index (χ3v) is 5.99. The van der Waals surface area contributed by atoms with Crippen LogP contribution in [0.3, 0.4) is 0 Å². The fraction of sp³-hybridized carbons (Fsp3) is 0.526. The van der Waals surface area contributed by atoms with Crippen molar-refractivity contribution in [3.8, 4) is 0 Å². The van der Waals surface area contributed by atoms with Gasteiger partial charge in [-0.05, 0) is 45.6 Å². The second kappa shape index (κ2) is 7.67. The van der Waals surface area contributed by atoms with Gasteiger partial charge in [-0.3, -0.25) is 9.59 Å². The largest absolute Gasteiger partial charge is 0.443 e. The summed E-state index contributed by atoms with van der Waals surface area (Å²) < 4.78 is 5.77. The topological polar surface area (TPSA) is 66.9 Å². The molecule has 8 heteroatoms. The molecule has 2 amide bonds. The number of imide groups is 1. The molecule has 1 aromatic heterocycles. The number of thiol groups is 1. The number of carbonyl (C=O) groups is 3. The van der Waals surface area contributed by atoms with E-state index in [9.17, 15) is 14.4 Å². The SMILES string of the molecule is CC(C)(C)OC(=O)N1CCc2c(C(=O)/C=C/N3CCCC3)sc(S)c2C1=O. The molecule has 0 bridgehead atoms. The summed E-state index contributed by atoms with van der Waals surface area (Å²) in [6.45, 7) is 7.39. The average Bonchev–Trinajstić information content (AvgIpc) is 3.19. The van der Waals surface area contributed by atoms with Gasteiger partial charge < -0.3 is 9.64 Å².